The summed E-state index contributed by atoms with van der Waals surface area (Å²) in [5.41, 5.74) is 0. The summed E-state index contributed by atoms with van der Waals surface area (Å²) in [6, 6.07) is 0. The molecule has 1 N–H and O–H groups in total. The van der Waals surface area contributed by atoms with E-state index in [9.17, 15) is 9.59 Å². The van der Waals surface area contributed by atoms with Crippen LogP contribution in [0.5, 0.6) is 0 Å². The molecule has 0 heterocycles. The zero-order valence-electron chi connectivity index (χ0n) is 7.12. The molecule has 0 aromatic rings. The van der Waals surface area contributed by atoms with Gasteiger partial charge >= 0.3 is 5.97 Å². The van der Waals surface area contributed by atoms with Crippen molar-refractivity contribution in [3.8, 4) is 0 Å². The van der Waals surface area contributed by atoms with Crippen molar-refractivity contribution in [2.45, 2.75) is 23.6 Å². The molecule has 14 heavy (non-hydrogen) atoms. The predicted molar refractivity (Wildman–Crippen MR) is 56.2 cm³/mol. The van der Waals surface area contributed by atoms with Gasteiger partial charge in [-0.2, -0.15) is 0 Å². The maximum absolute atomic E-state index is 10.3. The highest BCUT2D eigenvalue weighted by molar-refractivity contribution is 6.33. The summed E-state index contributed by atoms with van der Waals surface area (Å²) in [7, 11) is 0. The van der Waals surface area contributed by atoms with Crippen molar-refractivity contribution in [2.24, 2.45) is 0 Å². The summed E-state index contributed by atoms with van der Waals surface area (Å²) in [6.45, 7) is 0. The number of hydrogen-bond donors (Lipinski definition) is 1. The normalized spacial score (nSPS) is 16.1. The first kappa shape index (κ1) is 13.8. The van der Waals surface area contributed by atoms with Gasteiger partial charge < -0.3 is 9.90 Å². The van der Waals surface area contributed by atoms with Crippen molar-refractivity contribution >= 4 is 47.1 Å². The predicted octanol–water partition coefficient (Wildman–Crippen LogP) is 2.39. The molecule has 0 aliphatic rings. The quantitative estimate of drug-likeness (QED) is 0.588. The van der Waals surface area contributed by atoms with Gasteiger partial charge in [-0.3, -0.25) is 4.79 Å². The summed E-state index contributed by atoms with van der Waals surface area (Å²) in [5.74, 6) is -1.11. The lowest BCUT2D eigenvalue weighted by Gasteiger charge is -2.02. The number of hydrogen-bond acceptors (Lipinski definition) is 2. The minimum absolute atomic E-state index is 0.109. The zero-order chi connectivity index (χ0) is 11.1. The van der Waals surface area contributed by atoms with Crippen molar-refractivity contribution in [3.05, 3.63) is 11.1 Å². The van der Waals surface area contributed by atoms with Crippen LogP contribution in [0.2, 0.25) is 0 Å². The zero-order valence-corrected chi connectivity index (χ0v) is 9.39. The third kappa shape index (κ3) is 6.24. The van der Waals surface area contributed by atoms with Crippen LogP contribution in [0.4, 0.5) is 0 Å². The minimum atomic E-state index is -1.11. The van der Waals surface area contributed by atoms with Crippen molar-refractivity contribution in [1.29, 1.82) is 0 Å². The number of allylic oxidation sites excluding steroid dienone is 2. The Bertz CT molecular complexity index is 240. The van der Waals surface area contributed by atoms with Gasteiger partial charge in [0.15, 0.2) is 0 Å². The summed E-state index contributed by atoms with van der Waals surface area (Å²) >= 11 is 16.6. The first-order chi connectivity index (χ1) is 6.47. The van der Waals surface area contributed by atoms with Crippen LogP contribution in [-0.4, -0.2) is 28.1 Å². The standard InChI is InChI=1S/C8H9Cl3O3/c9-5(3-6(10)4-12)1-2-7(11)8(13)14/h1,4,6-7H,2-3H2,(H,13,14)/t6-,7-/m0/s1. The summed E-state index contributed by atoms with van der Waals surface area (Å²) in [4.78, 5) is 20.5. The number of rotatable bonds is 6. The first-order valence-corrected chi connectivity index (χ1v) is 5.03. The summed E-state index contributed by atoms with van der Waals surface area (Å²) < 4.78 is 0. The number of halogens is 3. The van der Waals surface area contributed by atoms with Crippen molar-refractivity contribution in [2.75, 3.05) is 0 Å². The Balaban J connectivity index is 3.99. The van der Waals surface area contributed by atoms with E-state index in [1.807, 2.05) is 0 Å². The molecule has 2 atom stereocenters. The Labute approximate surface area is 96.6 Å². The average molecular weight is 260 g/mol. The van der Waals surface area contributed by atoms with E-state index in [0.717, 1.165) is 0 Å². The second kappa shape index (κ2) is 7.10. The lowest BCUT2D eigenvalue weighted by Crippen LogP contribution is -2.11. The van der Waals surface area contributed by atoms with E-state index < -0.39 is 16.7 Å². The number of aldehydes is 1. The van der Waals surface area contributed by atoms with Gasteiger partial charge in [0, 0.05) is 11.5 Å². The molecule has 0 aromatic heterocycles. The van der Waals surface area contributed by atoms with E-state index in [1.54, 1.807) is 0 Å². The highest BCUT2D eigenvalue weighted by Crippen LogP contribution is 2.16. The fourth-order valence-electron chi connectivity index (χ4n) is 0.650. The number of carboxylic acids is 1. The molecule has 0 saturated carbocycles. The molecule has 0 radical (unpaired) electrons. The fraction of sp³-hybridized carbons (Fsp3) is 0.500. The maximum atomic E-state index is 10.3. The molecule has 80 valence electrons. The number of carboxylic acid groups (broad SMARTS) is 1. The van der Waals surface area contributed by atoms with Gasteiger partial charge in [-0.05, 0) is 6.42 Å². The number of carbonyl (C=O) groups is 2. The van der Waals surface area contributed by atoms with E-state index in [-0.39, 0.29) is 12.8 Å². The van der Waals surface area contributed by atoms with E-state index >= 15 is 0 Å². The van der Waals surface area contributed by atoms with Crippen LogP contribution < -0.4 is 0 Å². The molecule has 0 bridgehead atoms. The molecule has 0 spiro atoms. The second-order valence-electron chi connectivity index (χ2n) is 2.55. The molecule has 0 saturated heterocycles. The maximum Gasteiger partial charge on any atom is 0.321 e. The SMILES string of the molecule is O=C[C@@H](Cl)CC(Cl)=CC[C@H](Cl)C(=O)O. The molecule has 0 rings (SSSR count). The van der Waals surface area contributed by atoms with Gasteiger partial charge in [-0.1, -0.05) is 17.7 Å². The Kier molecular flexibility index (Phi) is 6.97. The van der Waals surface area contributed by atoms with Crippen molar-refractivity contribution in [3.63, 3.8) is 0 Å². The van der Waals surface area contributed by atoms with E-state index in [1.165, 1.54) is 6.08 Å². The molecule has 6 heteroatoms. The van der Waals surface area contributed by atoms with Gasteiger partial charge in [0.2, 0.25) is 0 Å². The van der Waals surface area contributed by atoms with Gasteiger partial charge in [0.1, 0.15) is 11.7 Å². The molecule has 0 aliphatic heterocycles. The highest BCUT2D eigenvalue weighted by atomic mass is 35.5. The number of aliphatic carboxylic acids is 1. The lowest BCUT2D eigenvalue weighted by atomic mass is 10.2. The molecule has 0 unspecified atom stereocenters. The van der Waals surface area contributed by atoms with Crippen LogP contribution in [0.25, 0.3) is 0 Å². The van der Waals surface area contributed by atoms with Crippen molar-refractivity contribution < 1.29 is 14.7 Å². The fourth-order valence-corrected chi connectivity index (χ4v) is 1.24. The van der Waals surface area contributed by atoms with Crippen LogP contribution >= 0.6 is 34.8 Å². The molecule has 0 fully saturated rings. The van der Waals surface area contributed by atoms with Gasteiger partial charge in [-0.15, -0.1) is 23.2 Å². The van der Waals surface area contributed by atoms with Gasteiger partial charge in [0.05, 0.1) is 5.38 Å². The monoisotopic (exact) mass is 258 g/mol. The number of alkyl halides is 2. The Hall–Kier alpha value is -0.250. The van der Waals surface area contributed by atoms with Gasteiger partial charge in [-0.25, -0.2) is 0 Å². The Morgan fingerprint density at radius 2 is 2.00 bits per heavy atom. The molecule has 3 nitrogen and oxygen atoms in total. The summed E-state index contributed by atoms with van der Waals surface area (Å²) in [6.07, 6.45) is 2.31. The van der Waals surface area contributed by atoms with E-state index in [4.69, 9.17) is 39.9 Å². The van der Waals surface area contributed by atoms with Crippen LogP contribution in [0.3, 0.4) is 0 Å². The largest absolute Gasteiger partial charge is 0.480 e. The molecular formula is C8H9Cl3O3. The molecule has 0 aromatic carbocycles. The lowest BCUT2D eigenvalue weighted by molar-refractivity contribution is -0.136. The smallest absolute Gasteiger partial charge is 0.321 e. The number of carbonyl (C=O) groups excluding carboxylic acids is 1. The Morgan fingerprint density at radius 3 is 2.43 bits per heavy atom. The average Bonchev–Trinajstić information content (AvgIpc) is 2.13. The van der Waals surface area contributed by atoms with Crippen LogP contribution in [0, 0.1) is 0 Å². The van der Waals surface area contributed by atoms with Gasteiger partial charge in [0.25, 0.3) is 0 Å². The van der Waals surface area contributed by atoms with Crippen molar-refractivity contribution in [1.82, 2.24) is 0 Å². The third-order valence-electron chi connectivity index (χ3n) is 1.35. The molecule has 0 aliphatic carbocycles. The second-order valence-corrected chi connectivity index (χ2v) is 4.12. The molecule has 0 amide bonds. The third-order valence-corrected chi connectivity index (χ3v) is 2.28. The molecular weight excluding hydrogens is 250 g/mol. The van der Waals surface area contributed by atoms with Crippen LogP contribution in [-0.2, 0) is 9.59 Å². The van der Waals surface area contributed by atoms with E-state index in [2.05, 4.69) is 0 Å². The van der Waals surface area contributed by atoms with Crippen LogP contribution in [0.15, 0.2) is 11.1 Å². The minimum Gasteiger partial charge on any atom is -0.480 e. The topological polar surface area (TPSA) is 54.4 Å². The first-order valence-electron chi connectivity index (χ1n) is 3.78. The van der Waals surface area contributed by atoms with E-state index in [0.29, 0.717) is 11.3 Å². The van der Waals surface area contributed by atoms with Crippen LogP contribution in [0.1, 0.15) is 12.8 Å². The highest BCUT2D eigenvalue weighted by Gasteiger charge is 2.12. The Morgan fingerprint density at radius 1 is 1.43 bits per heavy atom. The summed E-state index contributed by atoms with van der Waals surface area (Å²) in [5, 5.41) is 7.08.